The highest BCUT2D eigenvalue weighted by Gasteiger charge is 2.28. The van der Waals surface area contributed by atoms with Crippen molar-refractivity contribution in [3.8, 4) is 22.6 Å². The summed E-state index contributed by atoms with van der Waals surface area (Å²) in [6.45, 7) is 1.72. The Balaban J connectivity index is 0.000000177. The number of phenolic OH excluding ortho intramolecular Hbond substituents is 2. The van der Waals surface area contributed by atoms with Crippen LogP contribution in [0.25, 0.3) is 11.1 Å². The second-order valence-electron chi connectivity index (χ2n) is 8.13. The SMILES string of the molecule is CC(O)(O)OC(C)(O)O.Oc1ccccc1.Oc1ccccc1.c1ccc2c(c1)Cc1ccccc1-2. The lowest BCUT2D eigenvalue weighted by molar-refractivity contribution is -0.457. The summed E-state index contributed by atoms with van der Waals surface area (Å²) in [4.78, 5) is 0. The lowest BCUT2D eigenvalue weighted by Gasteiger charge is -2.24. The second-order valence-corrected chi connectivity index (χ2v) is 8.13. The van der Waals surface area contributed by atoms with Crippen LogP contribution in [0.2, 0.25) is 0 Å². The Morgan fingerprint density at radius 3 is 1.06 bits per heavy atom. The summed E-state index contributed by atoms with van der Waals surface area (Å²) in [6, 6.07) is 34.7. The summed E-state index contributed by atoms with van der Waals surface area (Å²) in [6.07, 6.45) is 1.10. The van der Waals surface area contributed by atoms with Gasteiger partial charge in [0.05, 0.1) is 0 Å². The molecule has 0 heterocycles. The second kappa shape index (κ2) is 13.4. The molecule has 0 amide bonds. The Morgan fingerprint density at radius 2 is 0.806 bits per heavy atom. The molecule has 6 N–H and O–H groups in total. The predicted molar refractivity (Wildman–Crippen MR) is 138 cm³/mol. The molecule has 5 rings (SSSR count). The number of phenols is 2. The van der Waals surface area contributed by atoms with E-state index in [9.17, 15) is 0 Å². The zero-order valence-corrected chi connectivity index (χ0v) is 20.2. The van der Waals surface area contributed by atoms with Crippen LogP contribution >= 0.6 is 0 Å². The van der Waals surface area contributed by atoms with E-state index in [0.29, 0.717) is 11.5 Å². The number of para-hydroxylation sites is 2. The normalized spacial score (nSPS) is 11.3. The highest BCUT2D eigenvalue weighted by molar-refractivity contribution is 5.76. The topological polar surface area (TPSA) is 131 Å². The predicted octanol–water partition coefficient (Wildman–Crippen LogP) is 4.36. The van der Waals surface area contributed by atoms with Gasteiger partial charge in [0.15, 0.2) is 0 Å². The summed E-state index contributed by atoms with van der Waals surface area (Å²) < 4.78 is 3.85. The average molecular weight is 493 g/mol. The minimum Gasteiger partial charge on any atom is -0.508 e. The van der Waals surface area contributed by atoms with E-state index in [2.05, 4.69) is 53.3 Å². The third-order valence-electron chi connectivity index (χ3n) is 4.60. The molecular formula is C29H32O7. The molecule has 0 fully saturated rings. The maximum atomic E-state index is 8.63. The first-order valence-electron chi connectivity index (χ1n) is 11.2. The molecule has 36 heavy (non-hydrogen) atoms. The van der Waals surface area contributed by atoms with Crippen LogP contribution in [0.3, 0.4) is 0 Å². The molecule has 0 aliphatic heterocycles. The van der Waals surface area contributed by atoms with Crippen LogP contribution in [-0.2, 0) is 11.2 Å². The molecule has 0 radical (unpaired) electrons. The molecule has 0 aromatic heterocycles. The Kier molecular flexibility index (Phi) is 10.6. The van der Waals surface area contributed by atoms with Gasteiger partial charge >= 0.3 is 0 Å². The van der Waals surface area contributed by atoms with E-state index in [1.54, 1.807) is 48.5 Å². The van der Waals surface area contributed by atoms with Crippen molar-refractivity contribution < 1.29 is 35.4 Å². The van der Waals surface area contributed by atoms with E-state index in [1.807, 2.05) is 12.1 Å². The maximum absolute atomic E-state index is 8.63. The standard InChI is InChI=1S/C13H10.2C6H6O.C4H10O5/c1-3-7-12-10(5-1)9-11-6-2-4-8-13(11)12;2*7-6-4-2-1-3-5-6;1-3(5,6)9-4(2,7)8/h1-8H,9H2;2*1-5,7H;5-8H,1-2H3. The fraction of sp³-hybridized carbons (Fsp3) is 0.172. The smallest absolute Gasteiger partial charge is 0.279 e. The third kappa shape index (κ3) is 11.1. The molecule has 0 unspecified atom stereocenters. The molecule has 4 aromatic rings. The molecule has 0 saturated carbocycles. The Morgan fingerprint density at radius 1 is 0.500 bits per heavy atom. The van der Waals surface area contributed by atoms with Crippen LogP contribution in [0, 0.1) is 0 Å². The quantitative estimate of drug-likeness (QED) is 0.202. The molecule has 7 heteroatoms. The van der Waals surface area contributed by atoms with E-state index < -0.39 is 11.9 Å². The molecule has 0 spiro atoms. The van der Waals surface area contributed by atoms with Crippen LogP contribution < -0.4 is 0 Å². The van der Waals surface area contributed by atoms with Crippen molar-refractivity contribution in [2.75, 3.05) is 0 Å². The zero-order chi connectivity index (χ0) is 26.6. The minimum atomic E-state index is -2.52. The summed E-state index contributed by atoms with van der Waals surface area (Å²) >= 11 is 0. The number of fused-ring (bicyclic) bond motifs is 3. The number of benzene rings is 4. The monoisotopic (exact) mass is 492 g/mol. The van der Waals surface area contributed by atoms with Crippen LogP contribution in [0.4, 0.5) is 0 Å². The van der Waals surface area contributed by atoms with Crippen molar-refractivity contribution in [1.29, 1.82) is 0 Å². The van der Waals surface area contributed by atoms with E-state index in [-0.39, 0.29) is 0 Å². The number of rotatable bonds is 2. The molecule has 0 atom stereocenters. The molecular weight excluding hydrogens is 460 g/mol. The van der Waals surface area contributed by atoms with E-state index in [0.717, 1.165) is 20.3 Å². The molecule has 4 aromatic carbocycles. The van der Waals surface area contributed by atoms with Crippen molar-refractivity contribution in [2.24, 2.45) is 0 Å². The Bertz CT molecular complexity index is 1070. The van der Waals surface area contributed by atoms with Crippen LogP contribution in [0.1, 0.15) is 25.0 Å². The number of ether oxygens (including phenoxy) is 1. The summed E-state index contributed by atoms with van der Waals surface area (Å²) in [5, 5.41) is 50.7. The zero-order valence-electron chi connectivity index (χ0n) is 20.2. The fourth-order valence-electron chi connectivity index (χ4n) is 3.30. The Hall–Kier alpha value is -3.72. The van der Waals surface area contributed by atoms with Crippen molar-refractivity contribution in [1.82, 2.24) is 0 Å². The highest BCUT2D eigenvalue weighted by Crippen LogP contribution is 2.35. The van der Waals surface area contributed by atoms with Gasteiger partial charge in [0, 0.05) is 13.8 Å². The van der Waals surface area contributed by atoms with Crippen LogP contribution in [0.5, 0.6) is 11.5 Å². The van der Waals surface area contributed by atoms with Gasteiger partial charge in [0.1, 0.15) is 11.5 Å². The first-order chi connectivity index (χ1) is 16.9. The summed E-state index contributed by atoms with van der Waals surface area (Å²) in [5.41, 5.74) is 5.75. The van der Waals surface area contributed by atoms with Crippen LogP contribution in [0.15, 0.2) is 109 Å². The van der Waals surface area contributed by atoms with Crippen molar-refractivity contribution >= 4 is 0 Å². The largest absolute Gasteiger partial charge is 0.508 e. The van der Waals surface area contributed by atoms with Gasteiger partial charge < -0.3 is 30.6 Å². The fourth-order valence-corrected chi connectivity index (χ4v) is 3.30. The summed E-state index contributed by atoms with van der Waals surface area (Å²) in [5.74, 6) is -4.39. The molecule has 0 saturated heterocycles. The van der Waals surface area contributed by atoms with E-state index in [4.69, 9.17) is 30.6 Å². The lowest BCUT2D eigenvalue weighted by atomic mass is 10.1. The van der Waals surface area contributed by atoms with E-state index >= 15 is 0 Å². The van der Waals surface area contributed by atoms with Gasteiger partial charge in [-0.1, -0.05) is 84.9 Å². The van der Waals surface area contributed by atoms with Gasteiger partial charge in [-0.05, 0) is 52.9 Å². The highest BCUT2D eigenvalue weighted by atomic mass is 16.9. The third-order valence-corrected chi connectivity index (χ3v) is 4.60. The van der Waals surface area contributed by atoms with Crippen molar-refractivity contribution in [3.05, 3.63) is 120 Å². The average Bonchev–Trinajstić information content (AvgIpc) is 3.18. The van der Waals surface area contributed by atoms with E-state index in [1.165, 1.54) is 22.3 Å². The maximum Gasteiger partial charge on any atom is 0.279 e. The van der Waals surface area contributed by atoms with Gasteiger partial charge in [0.2, 0.25) is 0 Å². The van der Waals surface area contributed by atoms with Gasteiger partial charge in [-0.2, -0.15) is 0 Å². The minimum absolute atomic E-state index is 0.322. The lowest BCUT2D eigenvalue weighted by Crippen LogP contribution is -2.40. The van der Waals surface area contributed by atoms with Crippen molar-refractivity contribution in [2.45, 2.75) is 32.2 Å². The van der Waals surface area contributed by atoms with Crippen LogP contribution in [-0.4, -0.2) is 42.6 Å². The molecule has 7 nitrogen and oxygen atoms in total. The molecule has 1 aliphatic rings. The number of aromatic hydroxyl groups is 2. The molecule has 0 bridgehead atoms. The summed E-state index contributed by atoms with van der Waals surface area (Å²) in [7, 11) is 0. The number of hydrogen-bond acceptors (Lipinski definition) is 7. The first kappa shape index (κ1) is 28.5. The van der Waals surface area contributed by atoms with Gasteiger partial charge in [-0.15, -0.1) is 0 Å². The number of hydrogen-bond donors (Lipinski definition) is 6. The van der Waals surface area contributed by atoms with Gasteiger partial charge in [-0.3, -0.25) is 4.74 Å². The molecule has 1 aliphatic carbocycles. The van der Waals surface area contributed by atoms with Gasteiger partial charge in [-0.25, -0.2) is 0 Å². The Labute approximate surface area is 210 Å². The van der Waals surface area contributed by atoms with Gasteiger partial charge in [0.25, 0.3) is 11.9 Å². The van der Waals surface area contributed by atoms with Crippen molar-refractivity contribution in [3.63, 3.8) is 0 Å². The first-order valence-corrected chi connectivity index (χ1v) is 11.2. The molecule has 190 valence electrons. The number of aliphatic hydroxyl groups is 4.